The van der Waals surface area contributed by atoms with Gasteiger partial charge in [0, 0.05) is 5.56 Å². The maximum absolute atomic E-state index is 13.2. The van der Waals surface area contributed by atoms with Crippen molar-refractivity contribution in [1.29, 1.82) is 0 Å². The Morgan fingerprint density at radius 2 is 1.67 bits per heavy atom. The van der Waals surface area contributed by atoms with Gasteiger partial charge < -0.3 is 5.32 Å². The molecule has 30 heavy (non-hydrogen) atoms. The Kier molecular flexibility index (Phi) is 6.84. The molecular weight excluding hydrogens is 465 g/mol. The van der Waals surface area contributed by atoms with Crippen LogP contribution in [0.4, 0.5) is 23.2 Å². The normalized spacial score (nSPS) is 11.4. The molecule has 1 amide bonds. The van der Waals surface area contributed by atoms with Crippen LogP contribution < -0.4 is 5.32 Å². The summed E-state index contributed by atoms with van der Waals surface area (Å²) < 4.78 is 52.8. The Morgan fingerprint density at radius 1 is 1.03 bits per heavy atom. The van der Waals surface area contributed by atoms with E-state index in [2.05, 4.69) is 15.3 Å². The molecule has 3 rings (SSSR count). The van der Waals surface area contributed by atoms with Crippen LogP contribution in [0.5, 0.6) is 0 Å². The number of carbonyl (C=O) groups excluding carboxylic acids is 1. The Morgan fingerprint density at radius 3 is 2.27 bits per heavy atom. The molecule has 0 saturated carbocycles. The summed E-state index contributed by atoms with van der Waals surface area (Å²) in [6, 6.07) is 10.2. The minimum absolute atomic E-state index is 0.0469. The SMILES string of the molecule is O=C(CSc1nc(-c2ccc(F)cc2)cc(C(F)(F)F)n1)Nc1c(Cl)cccc1Cl. The first-order valence-corrected chi connectivity index (χ1v) is 9.96. The predicted molar refractivity (Wildman–Crippen MR) is 108 cm³/mol. The quantitative estimate of drug-likeness (QED) is 0.265. The lowest BCUT2D eigenvalue weighted by molar-refractivity contribution is -0.141. The third-order valence-corrected chi connectivity index (χ3v) is 5.17. The van der Waals surface area contributed by atoms with E-state index < -0.39 is 23.6 Å². The molecule has 0 saturated heterocycles. The highest BCUT2D eigenvalue weighted by molar-refractivity contribution is 7.99. The molecule has 156 valence electrons. The summed E-state index contributed by atoms with van der Waals surface area (Å²) in [6.07, 6.45) is -4.72. The zero-order valence-electron chi connectivity index (χ0n) is 14.8. The molecule has 0 atom stereocenters. The minimum Gasteiger partial charge on any atom is -0.323 e. The summed E-state index contributed by atoms with van der Waals surface area (Å²) in [6.45, 7) is 0. The van der Waals surface area contributed by atoms with Crippen LogP contribution in [-0.2, 0) is 11.0 Å². The molecule has 0 unspecified atom stereocenters. The van der Waals surface area contributed by atoms with Gasteiger partial charge in [-0.15, -0.1) is 0 Å². The summed E-state index contributed by atoms with van der Waals surface area (Å²) in [5.74, 6) is -1.38. The number of alkyl halides is 3. The van der Waals surface area contributed by atoms with Crippen LogP contribution in [0.1, 0.15) is 5.69 Å². The van der Waals surface area contributed by atoms with Gasteiger partial charge in [0.2, 0.25) is 5.91 Å². The van der Waals surface area contributed by atoms with Crippen LogP contribution in [0.15, 0.2) is 53.7 Å². The number of carbonyl (C=O) groups is 1. The van der Waals surface area contributed by atoms with Crippen molar-refractivity contribution in [2.24, 2.45) is 0 Å². The molecule has 1 heterocycles. The zero-order valence-corrected chi connectivity index (χ0v) is 17.1. The van der Waals surface area contributed by atoms with Crippen LogP contribution in [0.2, 0.25) is 10.0 Å². The lowest BCUT2D eigenvalue weighted by atomic mass is 10.1. The standard InChI is InChI=1S/C19H11Cl2F4N3OS/c20-12-2-1-3-13(21)17(12)28-16(29)9-30-18-26-14(8-15(27-18)19(23,24)25)10-4-6-11(22)7-5-10/h1-8H,9H2,(H,28,29). The van der Waals surface area contributed by atoms with Gasteiger partial charge in [0.1, 0.15) is 11.5 Å². The van der Waals surface area contributed by atoms with Crippen LogP contribution in [0.25, 0.3) is 11.3 Å². The lowest BCUT2D eigenvalue weighted by Crippen LogP contribution is -2.15. The third-order valence-electron chi connectivity index (χ3n) is 3.70. The molecular formula is C19H11Cl2F4N3OS. The van der Waals surface area contributed by atoms with Crippen LogP contribution in [0.3, 0.4) is 0 Å². The highest BCUT2D eigenvalue weighted by Crippen LogP contribution is 2.33. The van der Waals surface area contributed by atoms with E-state index in [1.165, 1.54) is 24.3 Å². The summed E-state index contributed by atoms with van der Waals surface area (Å²) >= 11 is 12.7. The Bertz CT molecular complexity index is 1060. The van der Waals surface area contributed by atoms with Gasteiger partial charge in [-0.1, -0.05) is 41.0 Å². The largest absolute Gasteiger partial charge is 0.433 e. The first-order valence-electron chi connectivity index (χ1n) is 8.22. The van der Waals surface area contributed by atoms with E-state index in [1.54, 1.807) is 6.07 Å². The lowest BCUT2D eigenvalue weighted by Gasteiger charge is -2.11. The second kappa shape index (κ2) is 9.20. The molecule has 11 heteroatoms. The highest BCUT2D eigenvalue weighted by Gasteiger charge is 2.34. The molecule has 0 aliphatic rings. The summed E-state index contributed by atoms with van der Waals surface area (Å²) in [7, 11) is 0. The molecule has 1 aromatic heterocycles. The number of nitrogens with one attached hydrogen (secondary N) is 1. The second-order valence-electron chi connectivity index (χ2n) is 5.86. The molecule has 4 nitrogen and oxygen atoms in total. The van der Waals surface area contributed by atoms with Gasteiger partial charge in [-0.25, -0.2) is 14.4 Å². The zero-order chi connectivity index (χ0) is 21.9. The van der Waals surface area contributed by atoms with E-state index in [0.717, 1.165) is 18.2 Å². The number of halogens is 6. The smallest absolute Gasteiger partial charge is 0.323 e. The minimum atomic E-state index is -4.72. The molecule has 0 aliphatic heterocycles. The number of amides is 1. The van der Waals surface area contributed by atoms with Crippen molar-refractivity contribution in [1.82, 2.24) is 9.97 Å². The van der Waals surface area contributed by atoms with E-state index in [1.807, 2.05) is 0 Å². The molecule has 1 N–H and O–H groups in total. The molecule has 0 aliphatic carbocycles. The maximum atomic E-state index is 13.2. The van der Waals surface area contributed by atoms with E-state index in [9.17, 15) is 22.4 Å². The summed E-state index contributed by atoms with van der Waals surface area (Å²) in [4.78, 5) is 19.7. The predicted octanol–water partition coefficient (Wildman–Crippen LogP) is 6.34. The Labute approximate surface area is 182 Å². The average Bonchev–Trinajstić information content (AvgIpc) is 2.69. The van der Waals surface area contributed by atoms with Crippen molar-refractivity contribution >= 4 is 46.6 Å². The third kappa shape index (κ3) is 5.62. The van der Waals surface area contributed by atoms with E-state index in [4.69, 9.17) is 23.2 Å². The Balaban J connectivity index is 1.82. The van der Waals surface area contributed by atoms with Crippen molar-refractivity contribution in [3.63, 3.8) is 0 Å². The van der Waals surface area contributed by atoms with Gasteiger partial charge >= 0.3 is 6.18 Å². The average molecular weight is 476 g/mol. The van der Waals surface area contributed by atoms with Crippen LogP contribution in [0, 0.1) is 5.82 Å². The topological polar surface area (TPSA) is 54.9 Å². The second-order valence-corrected chi connectivity index (χ2v) is 7.62. The van der Waals surface area contributed by atoms with Crippen molar-refractivity contribution in [2.45, 2.75) is 11.3 Å². The van der Waals surface area contributed by atoms with Gasteiger partial charge in [-0.3, -0.25) is 4.79 Å². The van der Waals surface area contributed by atoms with E-state index in [0.29, 0.717) is 11.8 Å². The summed E-state index contributed by atoms with van der Waals surface area (Å²) in [5.41, 5.74) is -0.745. The fourth-order valence-electron chi connectivity index (χ4n) is 2.33. The first kappa shape index (κ1) is 22.3. The van der Waals surface area contributed by atoms with E-state index >= 15 is 0 Å². The summed E-state index contributed by atoms with van der Waals surface area (Å²) in [5, 5.41) is 2.68. The molecule has 3 aromatic rings. The number of nitrogens with zero attached hydrogens (tertiary/aromatic N) is 2. The van der Waals surface area contributed by atoms with Crippen LogP contribution in [-0.4, -0.2) is 21.6 Å². The van der Waals surface area contributed by atoms with Crippen molar-refractivity contribution in [3.8, 4) is 11.3 Å². The molecule has 2 aromatic carbocycles. The molecule has 0 bridgehead atoms. The number of anilines is 1. The van der Waals surface area contributed by atoms with Gasteiger partial charge in [0.25, 0.3) is 0 Å². The monoisotopic (exact) mass is 475 g/mol. The number of hydrogen-bond donors (Lipinski definition) is 1. The first-order chi connectivity index (χ1) is 14.1. The molecule has 0 radical (unpaired) electrons. The van der Waals surface area contributed by atoms with Crippen molar-refractivity contribution < 1.29 is 22.4 Å². The van der Waals surface area contributed by atoms with Crippen molar-refractivity contribution in [2.75, 3.05) is 11.1 Å². The van der Waals surface area contributed by atoms with E-state index in [-0.39, 0.29) is 37.9 Å². The fourth-order valence-corrected chi connectivity index (χ4v) is 3.48. The highest BCUT2D eigenvalue weighted by atomic mass is 35.5. The Hall–Kier alpha value is -2.36. The number of aromatic nitrogens is 2. The molecule has 0 spiro atoms. The number of para-hydroxylation sites is 1. The van der Waals surface area contributed by atoms with Gasteiger partial charge in [-0.2, -0.15) is 13.2 Å². The number of hydrogen-bond acceptors (Lipinski definition) is 4. The van der Waals surface area contributed by atoms with Crippen molar-refractivity contribution in [3.05, 3.63) is 70.1 Å². The van der Waals surface area contributed by atoms with Gasteiger partial charge in [0.05, 0.1) is 27.2 Å². The fraction of sp³-hybridized carbons (Fsp3) is 0.105. The van der Waals surface area contributed by atoms with Gasteiger partial charge in [-0.05, 0) is 42.5 Å². The van der Waals surface area contributed by atoms with Crippen LogP contribution >= 0.6 is 35.0 Å². The number of benzene rings is 2. The number of rotatable bonds is 5. The number of thioether (sulfide) groups is 1. The molecule has 0 fully saturated rings. The maximum Gasteiger partial charge on any atom is 0.433 e. The van der Waals surface area contributed by atoms with Gasteiger partial charge in [0.15, 0.2) is 5.16 Å².